The molecule has 1 atom stereocenters. The number of nitrogens with one attached hydrogen (secondary N) is 1. The average Bonchev–Trinajstić information content (AvgIpc) is 2.76. The number of nitrogens with zero attached hydrogens (tertiary/aromatic N) is 3. The minimum atomic E-state index is -0.991. The summed E-state index contributed by atoms with van der Waals surface area (Å²) in [7, 11) is 0. The van der Waals surface area contributed by atoms with Crippen molar-refractivity contribution in [1.82, 2.24) is 10.3 Å². The summed E-state index contributed by atoms with van der Waals surface area (Å²) in [6.07, 6.45) is 0.320. The number of rotatable bonds is 13. The van der Waals surface area contributed by atoms with Crippen LogP contribution in [0.25, 0.3) is 0 Å². The average molecular weight is 519 g/mol. The van der Waals surface area contributed by atoms with Crippen LogP contribution in [-0.2, 0) is 11.2 Å². The van der Waals surface area contributed by atoms with E-state index < -0.39 is 18.0 Å². The summed E-state index contributed by atoms with van der Waals surface area (Å²) in [6.45, 7) is 1.85. The van der Waals surface area contributed by atoms with Gasteiger partial charge < -0.3 is 21.1 Å². The van der Waals surface area contributed by atoms with Crippen molar-refractivity contribution in [1.29, 1.82) is 0 Å². The van der Waals surface area contributed by atoms with Crippen molar-refractivity contribution in [2.24, 2.45) is 11.0 Å². The van der Waals surface area contributed by atoms with Crippen LogP contribution >= 0.6 is 46.4 Å². The Morgan fingerprint density at radius 1 is 1.00 bits per heavy atom. The van der Waals surface area contributed by atoms with Gasteiger partial charge in [-0.2, -0.15) is 5.01 Å². The van der Waals surface area contributed by atoms with Gasteiger partial charge in [0.05, 0.1) is 11.8 Å². The number of anilines is 1. The van der Waals surface area contributed by atoms with Gasteiger partial charge in [0, 0.05) is 48.8 Å². The smallest absolute Gasteiger partial charge is 0.340 e. The molecule has 0 aliphatic carbocycles. The fourth-order valence-corrected chi connectivity index (χ4v) is 2.93. The number of nitrogens with two attached hydrogens (primary N) is 1. The second-order valence-electron chi connectivity index (χ2n) is 6.00. The van der Waals surface area contributed by atoms with Crippen LogP contribution in [0.3, 0.4) is 0 Å². The molecule has 1 rings (SSSR count). The molecule has 0 fully saturated rings. The van der Waals surface area contributed by atoms with Crippen LogP contribution in [0.1, 0.15) is 5.56 Å². The molecule has 13 heteroatoms. The summed E-state index contributed by atoms with van der Waals surface area (Å²) in [5.41, 5.74) is 7.42. The van der Waals surface area contributed by atoms with Crippen LogP contribution in [0.15, 0.2) is 29.6 Å². The number of benzene rings is 1. The maximum absolute atomic E-state index is 10.9. The Morgan fingerprint density at radius 2 is 1.55 bits per heavy atom. The van der Waals surface area contributed by atoms with Gasteiger partial charge in [-0.1, -0.05) is 12.1 Å². The summed E-state index contributed by atoms with van der Waals surface area (Å²) >= 11 is 22.1. The van der Waals surface area contributed by atoms with Crippen molar-refractivity contribution in [2.75, 3.05) is 54.6 Å². The van der Waals surface area contributed by atoms with Gasteiger partial charge in [-0.25, -0.2) is 4.79 Å². The lowest BCUT2D eigenvalue weighted by molar-refractivity contribution is -0.138. The first-order chi connectivity index (χ1) is 14.8. The molecule has 1 aromatic carbocycles. The molecular weight excluding hydrogens is 492 g/mol. The summed E-state index contributed by atoms with van der Waals surface area (Å²) in [5, 5.41) is 14.3. The van der Waals surface area contributed by atoms with Crippen molar-refractivity contribution < 1.29 is 14.7 Å². The Balaban J connectivity index is 0.000000649. The summed E-state index contributed by atoms with van der Waals surface area (Å²) in [6, 6.07) is 6.19. The predicted molar refractivity (Wildman–Crippen MR) is 127 cm³/mol. The van der Waals surface area contributed by atoms with E-state index in [1.807, 2.05) is 24.3 Å². The van der Waals surface area contributed by atoms with E-state index in [-0.39, 0.29) is 12.4 Å². The van der Waals surface area contributed by atoms with Crippen molar-refractivity contribution in [2.45, 2.75) is 12.5 Å². The van der Waals surface area contributed by atoms with E-state index in [0.717, 1.165) is 24.3 Å². The number of halogens is 4. The second kappa shape index (κ2) is 18.1. The summed E-state index contributed by atoms with van der Waals surface area (Å²) in [4.78, 5) is 33.7. The number of amides is 2. The van der Waals surface area contributed by atoms with Gasteiger partial charge >= 0.3 is 12.0 Å². The lowest BCUT2D eigenvalue weighted by Crippen LogP contribution is -2.38. The van der Waals surface area contributed by atoms with Crippen LogP contribution in [0.5, 0.6) is 0 Å². The molecule has 0 bridgehead atoms. The topological polar surface area (TPSA) is 128 Å². The largest absolute Gasteiger partial charge is 0.480 e. The van der Waals surface area contributed by atoms with Crippen LogP contribution in [0.2, 0.25) is 0 Å². The zero-order chi connectivity index (χ0) is 23.6. The number of nitroso groups, excluding NO2 is 1. The number of alkyl halides is 4. The molecule has 0 saturated heterocycles. The molecule has 9 nitrogen and oxygen atoms in total. The number of carbonyl (C=O) groups is 2. The summed E-state index contributed by atoms with van der Waals surface area (Å²) in [5.74, 6) is 0.528. The fourth-order valence-electron chi connectivity index (χ4n) is 2.26. The van der Waals surface area contributed by atoms with Gasteiger partial charge in [-0.15, -0.1) is 51.3 Å². The minimum absolute atomic E-state index is 0.0964. The van der Waals surface area contributed by atoms with Crippen LogP contribution < -0.4 is 16.0 Å². The zero-order valence-electron chi connectivity index (χ0n) is 16.9. The van der Waals surface area contributed by atoms with Crippen molar-refractivity contribution in [3.8, 4) is 0 Å². The lowest BCUT2D eigenvalue weighted by Gasteiger charge is -2.23. The lowest BCUT2D eigenvalue weighted by atomic mass is 10.1. The normalized spacial score (nSPS) is 11.0. The molecule has 0 radical (unpaired) electrons. The van der Waals surface area contributed by atoms with E-state index in [0.29, 0.717) is 35.6 Å². The summed E-state index contributed by atoms with van der Waals surface area (Å²) < 4.78 is 0. The Hall–Kier alpha value is -1.52. The number of carbonyl (C=O) groups excluding carboxylic acids is 1. The highest BCUT2D eigenvalue weighted by atomic mass is 35.5. The van der Waals surface area contributed by atoms with E-state index in [1.165, 1.54) is 0 Å². The molecule has 0 aliphatic heterocycles. The van der Waals surface area contributed by atoms with Gasteiger partial charge in [0.2, 0.25) is 0 Å². The molecule has 0 aliphatic rings. The van der Waals surface area contributed by atoms with E-state index in [9.17, 15) is 14.5 Å². The predicted octanol–water partition coefficient (Wildman–Crippen LogP) is 3.08. The number of carboxylic acids is 1. The van der Waals surface area contributed by atoms with Gasteiger partial charge in [0.1, 0.15) is 6.04 Å². The zero-order valence-corrected chi connectivity index (χ0v) is 19.9. The molecule has 176 valence electrons. The van der Waals surface area contributed by atoms with E-state index in [1.54, 1.807) is 0 Å². The second-order valence-corrected chi connectivity index (χ2v) is 7.51. The standard InChI is InChI=1S/C13H18Cl2N2O2.C5H9Cl2N3O2/c14-5-7-17(8-6-15)11-3-1-10(2-4-11)9-12(16)13(18)19;6-1-3-8-5(11)10(9-12)4-2-7/h1-4,12H,5-9,16H2,(H,18,19);1-4H2,(H,8,11)/t12-;/m0./s1. The van der Waals surface area contributed by atoms with Crippen molar-refractivity contribution in [3.63, 3.8) is 0 Å². The first-order valence-corrected chi connectivity index (χ1v) is 11.4. The SMILES string of the molecule is N[C@@H](Cc1ccc(N(CCCl)CCCl)cc1)C(=O)O.O=NN(CCCl)C(=O)NCCCl. The number of urea groups is 1. The van der Waals surface area contributed by atoms with Crippen LogP contribution in [0, 0.1) is 4.91 Å². The fraction of sp³-hybridized carbons (Fsp3) is 0.556. The molecule has 0 spiro atoms. The maximum atomic E-state index is 10.9. The van der Waals surface area contributed by atoms with Crippen molar-refractivity contribution in [3.05, 3.63) is 34.7 Å². The van der Waals surface area contributed by atoms with Crippen LogP contribution in [-0.4, -0.2) is 77.9 Å². The molecule has 0 aromatic heterocycles. The number of aliphatic carboxylic acids is 1. The number of hydrogen-bond donors (Lipinski definition) is 3. The maximum Gasteiger partial charge on any atom is 0.340 e. The molecule has 0 heterocycles. The first-order valence-electron chi connectivity index (χ1n) is 9.29. The third-order valence-electron chi connectivity index (χ3n) is 3.78. The monoisotopic (exact) mass is 517 g/mol. The molecule has 0 unspecified atom stereocenters. The Morgan fingerprint density at radius 3 is 1.97 bits per heavy atom. The molecule has 4 N–H and O–H groups in total. The van der Waals surface area contributed by atoms with Gasteiger partial charge in [0.15, 0.2) is 0 Å². The van der Waals surface area contributed by atoms with E-state index in [2.05, 4.69) is 15.5 Å². The Labute approximate surface area is 201 Å². The first kappa shape index (κ1) is 29.5. The van der Waals surface area contributed by atoms with Crippen molar-refractivity contribution >= 4 is 64.1 Å². The Bertz CT molecular complexity index is 648. The molecular formula is C18H27Cl4N5O4. The highest BCUT2D eigenvalue weighted by molar-refractivity contribution is 6.19. The highest BCUT2D eigenvalue weighted by Crippen LogP contribution is 2.16. The molecule has 31 heavy (non-hydrogen) atoms. The third kappa shape index (κ3) is 12.8. The Kier molecular flexibility index (Phi) is 17.2. The van der Waals surface area contributed by atoms with Gasteiger partial charge in [-0.05, 0) is 24.1 Å². The molecule has 1 aromatic rings. The van der Waals surface area contributed by atoms with E-state index >= 15 is 0 Å². The van der Waals surface area contributed by atoms with Gasteiger partial charge in [-0.3, -0.25) is 4.79 Å². The third-order valence-corrected chi connectivity index (χ3v) is 4.48. The molecule has 2 amide bonds. The quantitative estimate of drug-likeness (QED) is 0.209. The highest BCUT2D eigenvalue weighted by Gasteiger charge is 2.13. The number of carboxylic acid groups (broad SMARTS) is 1. The minimum Gasteiger partial charge on any atom is -0.480 e. The van der Waals surface area contributed by atoms with Crippen LogP contribution in [0.4, 0.5) is 10.5 Å². The number of hydrogen-bond acceptors (Lipinski definition) is 6. The molecule has 0 saturated carbocycles. The van der Waals surface area contributed by atoms with E-state index in [4.69, 9.17) is 57.2 Å². The van der Waals surface area contributed by atoms with Gasteiger partial charge in [0.25, 0.3) is 0 Å².